The van der Waals surface area contributed by atoms with Crippen LogP contribution in [0.1, 0.15) is 31.2 Å². The van der Waals surface area contributed by atoms with Crippen molar-refractivity contribution in [2.24, 2.45) is 0 Å². The fraction of sp³-hybridized carbons (Fsp3) is 0.455. The minimum Gasteiger partial charge on any atom is -0.481 e. The van der Waals surface area contributed by atoms with E-state index in [0.717, 1.165) is 0 Å². The lowest BCUT2D eigenvalue weighted by atomic mass is 9.70. The molecule has 4 nitrogen and oxygen atoms in total. The van der Waals surface area contributed by atoms with Gasteiger partial charge in [0.05, 0.1) is 17.9 Å². The van der Waals surface area contributed by atoms with Crippen molar-refractivity contribution in [1.82, 2.24) is 0 Å². The molecule has 0 spiro atoms. The van der Waals surface area contributed by atoms with E-state index >= 15 is 0 Å². The second-order valence-electron chi connectivity index (χ2n) is 3.94. The third kappa shape index (κ3) is 1.56. The summed E-state index contributed by atoms with van der Waals surface area (Å²) in [4.78, 5) is 22.5. The van der Waals surface area contributed by atoms with Gasteiger partial charge in [-0.1, -0.05) is 0 Å². The predicted octanol–water partition coefficient (Wildman–Crippen LogP) is 1.75. The van der Waals surface area contributed by atoms with Crippen LogP contribution in [-0.4, -0.2) is 16.9 Å². The third-order valence-corrected chi connectivity index (χ3v) is 3.14. The number of carboxylic acid groups (broad SMARTS) is 1. The average Bonchev–Trinajstić information content (AvgIpc) is 2.72. The third-order valence-electron chi connectivity index (χ3n) is 3.14. The zero-order chi connectivity index (χ0) is 10.9. The first kappa shape index (κ1) is 9.96. The summed E-state index contributed by atoms with van der Waals surface area (Å²) in [5.74, 6) is -0.716. The van der Waals surface area contributed by atoms with Crippen molar-refractivity contribution < 1.29 is 19.1 Å². The van der Waals surface area contributed by atoms with E-state index in [4.69, 9.17) is 4.42 Å². The lowest BCUT2D eigenvalue weighted by Gasteiger charge is -2.31. The van der Waals surface area contributed by atoms with Gasteiger partial charge in [-0.25, -0.2) is 0 Å². The van der Waals surface area contributed by atoms with Crippen molar-refractivity contribution in [2.45, 2.75) is 31.1 Å². The molecule has 1 aromatic heterocycles. The quantitative estimate of drug-likeness (QED) is 0.803. The Balaban J connectivity index is 2.34. The molecule has 1 aromatic rings. The number of furan rings is 1. The fourth-order valence-electron chi connectivity index (χ4n) is 2.12. The average molecular weight is 208 g/mol. The Kier molecular flexibility index (Phi) is 2.34. The van der Waals surface area contributed by atoms with Crippen molar-refractivity contribution in [2.75, 3.05) is 0 Å². The molecule has 1 heterocycles. The molecule has 0 bridgehead atoms. The SMILES string of the molecule is O=C1CCC(C(=O)O)(c2ccoc2)CC1. The van der Waals surface area contributed by atoms with E-state index < -0.39 is 11.4 Å². The largest absolute Gasteiger partial charge is 0.481 e. The highest BCUT2D eigenvalue weighted by Crippen LogP contribution is 2.38. The van der Waals surface area contributed by atoms with E-state index in [0.29, 0.717) is 31.2 Å². The number of carbonyl (C=O) groups is 2. The molecular weight excluding hydrogens is 196 g/mol. The van der Waals surface area contributed by atoms with Crippen LogP contribution in [-0.2, 0) is 15.0 Å². The van der Waals surface area contributed by atoms with Crippen LogP contribution in [0.25, 0.3) is 0 Å². The van der Waals surface area contributed by atoms with Gasteiger partial charge in [-0.3, -0.25) is 9.59 Å². The molecule has 2 rings (SSSR count). The molecule has 1 saturated carbocycles. The molecule has 1 aliphatic carbocycles. The molecule has 0 amide bonds. The highest BCUT2D eigenvalue weighted by atomic mass is 16.4. The number of carboxylic acids is 1. The number of rotatable bonds is 2. The molecule has 0 saturated heterocycles. The first-order valence-electron chi connectivity index (χ1n) is 4.93. The van der Waals surface area contributed by atoms with Gasteiger partial charge >= 0.3 is 5.97 Å². The van der Waals surface area contributed by atoms with Gasteiger partial charge in [0.25, 0.3) is 0 Å². The summed E-state index contributed by atoms with van der Waals surface area (Å²) in [5, 5.41) is 9.29. The van der Waals surface area contributed by atoms with E-state index in [1.807, 2.05) is 0 Å². The Morgan fingerprint density at radius 1 is 1.40 bits per heavy atom. The number of aliphatic carboxylic acids is 1. The number of hydrogen-bond donors (Lipinski definition) is 1. The van der Waals surface area contributed by atoms with Crippen molar-refractivity contribution in [3.63, 3.8) is 0 Å². The Labute approximate surface area is 86.9 Å². The van der Waals surface area contributed by atoms with Crippen molar-refractivity contribution >= 4 is 11.8 Å². The molecule has 1 fully saturated rings. The summed E-state index contributed by atoms with van der Waals surface area (Å²) >= 11 is 0. The summed E-state index contributed by atoms with van der Waals surface area (Å²) in [6, 6.07) is 1.67. The minimum absolute atomic E-state index is 0.148. The van der Waals surface area contributed by atoms with Crippen molar-refractivity contribution in [1.29, 1.82) is 0 Å². The molecule has 0 radical (unpaired) electrons. The molecule has 15 heavy (non-hydrogen) atoms. The summed E-state index contributed by atoms with van der Waals surface area (Å²) in [5.41, 5.74) is -0.247. The van der Waals surface area contributed by atoms with Crippen LogP contribution in [0.2, 0.25) is 0 Å². The van der Waals surface area contributed by atoms with E-state index in [1.165, 1.54) is 12.5 Å². The molecule has 1 N–H and O–H groups in total. The van der Waals surface area contributed by atoms with Crippen LogP contribution >= 0.6 is 0 Å². The lowest BCUT2D eigenvalue weighted by molar-refractivity contribution is -0.146. The maximum Gasteiger partial charge on any atom is 0.314 e. The van der Waals surface area contributed by atoms with Gasteiger partial charge in [-0.2, -0.15) is 0 Å². The first-order chi connectivity index (χ1) is 7.15. The van der Waals surface area contributed by atoms with Gasteiger partial charge in [-0.15, -0.1) is 0 Å². The summed E-state index contributed by atoms with van der Waals surface area (Å²) in [7, 11) is 0. The minimum atomic E-state index is -0.916. The molecule has 0 atom stereocenters. The second kappa shape index (κ2) is 3.53. The number of hydrogen-bond acceptors (Lipinski definition) is 3. The van der Waals surface area contributed by atoms with Crippen molar-refractivity contribution in [3.05, 3.63) is 24.2 Å². The van der Waals surface area contributed by atoms with Crippen LogP contribution in [0.5, 0.6) is 0 Å². The van der Waals surface area contributed by atoms with Crippen LogP contribution < -0.4 is 0 Å². The predicted molar refractivity (Wildman–Crippen MR) is 51.5 cm³/mol. The smallest absolute Gasteiger partial charge is 0.314 e. The highest BCUT2D eigenvalue weighted by molar-refractivity contribution is 5.87. The molecule has 80 valence electrons. The van der Waals surface area contributed by atoms with E-state index in [-0.39, 0.29) is 5.78 Å². The summed E-state index contributed by atoms with van der Waals surface area (Å²) in [6.45, 7) is 0. The van der Waals surface area contributed by atoms with E-state index in [1.54, 1.807) is 6.07 Å². The van der Waals surface area contributed by atoms with E-state index in [2.05, 4.69) is 0 Å². The van der Waals surface area contributed by atoms with Crippen LogP contribution in [0, 0.1) is 0 Å². The molecule has 0 unspecified atom stereocenters. The molecule has 1 aliphatic rings. The maximum absolute atomic E-state index is 11.3. The number of carbonyl (C=O) groups excluding carboxylic acids is 1. The van der Waals surface area contributed by atoms with Crippen LogP contribution in [0.4, 0.5) is 0 Å². The summed E-state index contributed by atoms with van der Waals surface area (Å²) < 4.78 is 4.92. The monoisotopic (exact) mass is 208 g/mol. The van der Waals surface area contributed by atoms with Gasteiger partial charge in [0, 0.05) is 18.4 Å². The van der Waals surface area contributed by atoms with Gasteiger partial charge in [0.15, 0.2) is 0 Å². The standard InChI is InChI=1S/C11H12O4/c12-9-1-4-11(5-2-9,10(13)14)8-3-6-15-7-8/h3,6-7H,1-2,4-5H2,(H,13,14). The van der Waals surface area contributed by atoms with Crippen LogP contribution in [0.15, 0.2) is 23.0 Å². The second-order valence-corrected chi connectivity index (χ2v) is 3.94. The maximum atomic E-state index is 11.3. The summed E-state index contributed by atoms with van der Waals surface area (Å²) in [6.07, 6.45) is 4.37. The zero-order valence-corrected chi connectivity index (χ0v) is 8.23. The fourth-order valence-corrected chi connectivity index (χ4v) is 2.12. The lowest BCUT2D eigenvalue weighted by Crippen LogP contribution is -2.39. The van der Waals surface area contributed by atoms with Gasteiger partial charge in [-0.05, 0) is 18.9 Å². The Morgan fingerprint density at radius 3 is 2.53 bits per heavy atom. The molecule has 4 heteroatoms. The Hall–Kier alpha value is -1.58. The Morgan fingerprint density at radius 2 is 2.07 bits per heavy atom. The normalized spacial score (nSPS) is 20.1. The van der Waals surface area contributed by atoms with E-state index in [9.17, 15) is 14.7 Å². The Bertz CT molecular complexity index is 367. The first-order valence-corrected chi connectivity index (χ1v) is 4.93. The zero-order valence-electron chi connectivity index (χ0n) is 8.23. The van der Waals surface area contributed by atoms with Crippen LogP contribution in [0.3, 0.4) is 0 Å². The molecule has 0 aromatic carbocycles. The topological polar surface area (TPSA) is 67.5 Å². The molecular formula is C11H12O4. The highest BCUT2D eigenvalue weighted by Gasteiger charge is 2.43. The number of ketones is 1. The van der Waals surface area contributed by atoms with Gasteiger partial charge in [0.2, 0.25) is 0 Å². The number of Topliss-reactive ketones (excluding diaryl/α,β-unsaturated/α-hetero) is 1. The molecule has 0 aliphatic heterocycles. The van der Waals surface area contributed by atoms with Crippen molar-refractivity contribution in [3.8, 4) is 0 Å². The van der Waals surface area contributed by atoms with Gasteiger partial charge in [0.1, 0.15) is 5.78 Å². The van der Waals surface area contributed by atoms with Gasteiger partial charge < -0.3 is 9.52 Å².